The van der Waals surface area contributed by atoms with Gasteiger partial charge in [0.2, 0.25) is 0 Å². The Labute approximate surface area is 125 Å². The van der Waals surface area contributed by atoms with Crippen LogP contribution < -0.4 is 4.74 Å². The van der Waals surface area contributed by atoms with Gasteiger partial charge >= 0.3 is 6.09 Å². The minimum absolute atomic E-state index is 0.219. The Morgan fingerprint density at radius 3 is 2.86 bits per heavy atom. The first-order valence-electron chi connectivity index (χ1n) is 7.43. The monoisotopic (exact) mass is 287 g/mol. The first-order chi connectivity index (χ1) is 10.1. The van der Waals surface area contributed by atoms with Crippen molar-refractivity contribution < 1.29 is 14.3 Å². The molecule has 1 aromatic rings. The summed E-state index contributed by atoms with van der Waals surface area (Å²) in [5.41, 5.74) is 3.72. The van der Waals surface area contributed by atoms with Crippen LogP contribution in [0.2, 0.25) is 0 Å². The number of hydrogen-bond acceptors (Lipinski definition) is 3. The Kier molecular flexibility index (Phi) is 3.62. The third-order valence-electron chi connectivity index (χ3n) is 4.53. The van der Waals surface area contributed by atoms with Crippen LogP contribution in [0.3, 0.4) is 0 Å². The minimum Gasteiger partial charge on any atom is -0.489 e. The summed E-state index contributed by atoms with van der Waals surface area (Å²) < 4.78 is 10.8. The first-order valence-corrected chi connectivity index (χ1v) is 7.43. The van der Waals surface area contributed by atoms with Gasteiger partial charge in [0.25, 0.3) is 0 Å². The second-order valence-electron chi connectivity index (χ2n) is 5.73. The molecule has 2 aliphatic heterocycles. The number of ether oxygens (including phenoxy) is 2. The molecule has 0 bridgehead atoms. The number of amides is 1. The Bertz CT molecular complexity index is 594. The molecule has 0 radical (unpaired) electrons. The van der Waals surface area contributed by atoms with E-state index in [4.69, 9.17) is 9.47 Å². The molecule has 0 spiro atoms. The zero-order valence-electron chi connectivity index (χ0n) is 12.8. The fourth-order valence-corrected chi connectivity index (χ4v) is 3.05. The highest BCUT2D eigenvalue weighted by Crippen LogP contribution is 2.43. The molecule has 1 aromatic carbocycles. The lowest BCUT2D eigenvalue weighted by atomic mass is 9.92. The third kappa shape index (κ3) is 2.39. The van der Waals surface area contributed by atoms with Crippen molar-refractivity contribution in [3.8, 4) is 5.75 Å². The quantitative estimate of drug-likeness (QED) is 0.794. The smallest absolute Gasteiger partial charge is 0.409 e. The first kappa shape index (κ1) is 14.0. The van der Waals surface area contributed by atoms with Crippen LogP contribution in [-0.2, 0) is 4.74 Å². The Morgan fingerprint density at radius 2 is 2.19 bits per heavy atom. The lowest BCUT2D eigenvalue weighted by Gasteiger charge is -2.25. The number of rotatable bonds is 1. The van der Waals surface area contributed by atoms with Gasteiger partial charge in [0.15, 0.2) is 0 Å². The van der Waals surface area contributed by atoms with E-state index < -0.39 is 0 Å². The highest BCUT2D eigenvalue weighted by Gasteiger charge is 2.30. The van der Waals surface area contributed by atoms with Crippen LogP contribution in [0.15, 0.2) is 24.3 Å². The van der Waals surface area contributed by atoms with E-state index in [2.05, 4.69) is 38.1 Å². The lowest BCUT2D eigenvalue weighted by molar-refractivity contribution is 0.128. The molecule has 2 unspecified atom stereocenters. The van der Waals surface area contributed by atoms with E-state index in [-0.39, 0.29) is 12.2 Å². The maximum atomic E-state index is 11.5. The summed E-state index contributed by atoms with van der Waals surface area (Å²) in [4.78, 5) is 13.2. The molecule has 2 atom stereocenters. The van der Waals surface area contributed by atoms with Crippen molar-refractivity contribution in [3.05, 3.63) is 35.4 Å². The van der Waals surface area contributed by atoms with Crippen molar-refractivity contribution in [2.24, 2.45) is 0 Å². The number of fused-ring (bicyclic) bond motifs is 1. The SMILES string of the molecule is COC(=O)N1CC=C(c2cccc3c2OC(C)C3C)CC1. The highest BCUT2D eigenvalue weighted by atomic mass is 16.5. The van der Waals surface area contributed by atoms with E-state index in [1.807, 2.05) is 0 Å². The zero-order chi connectivity index (χ0) is 15.0. The number of carbonyl (C=O) groups excluding carboxylic acids is 1. The van der Waals surface area contributed by atoms with Crippen LogP contribution in [-0.4, -0.2) is 37.3 Å². The molecule has 3 rings (SSSR count). The van der Waals surface area contributed by atoms with E-state index in [1.165, 1.54) is 23.8 Å². The average Bonchev–Trinajstić information content (AvgIpc) is 2.82. The summed E-state index contributed by atoms with van der Waals surface area (Å²) >= 11 is 0. The lowest BCUT2D eigenvalue weighted by Crippen LogP contribution is -2.34. The van der Waals surface area contributed by atoms with E-state index in [1.54, 1.807) is 4.90 Å². The molecule has 0 fully saturated rings. The van der Waals surface area contributed by atoms with E-state index in [0.717, 1.165) is 12.2 Å². The summed E-state index contributed by atoms with van der Waals surface area (Å²) in [7, 11) is 1.42. The number of hydrogen-bond donors (Lipinski definition) is 0. The molecular formula is C17H21NO3. The fourth-order valence-electron chi connectivity index (χ4n) is 3.05. The number of methoxy groups -OCH3 is 1. The summed E-state index contributed by atoms with van der Waals surface area (Å²) in [5, 5.41) is 0. The zero-order valence-corrected chi connectivity index (χ0v) is 12.8. The standard InChI is InChI=1S/C17H21NO3/c1-11-12(2)21-16-14(11)5-4-6-15(16)13-7-9-18(10-8-13)17(19)20-3/h4-7,11-12H,8-10H2,1-3H3. The van der Waals surface area contributed by atoms with E-state index >= 15 is 0 Å². The molecule has 0 saturated carbocycles. The summed E-state index contributed by atoms with van der Waals surface area (Å²) in [6.07, 6.45) is 2.89. The van der Waals surface area contributed by atoms with Gasteiger partial charge in [0.1, 0.15) is 11.9 Å². The molecule has 0 N–H and O–H groups in total. The molecule has 0 saturated heterocycles. The van der Waals surface area contributed by atoms with Gasteiger partial charge in [-0.3, -0.25) is 0 Å². The molecule has 1 amide bonds. The summed E-state index contributed by atoms with van der Waals surface area (Å²) in [6.45, 7) is 5.60. The molecule has 4 nitrogen and oxygen atoms in total. The van der Waals surface area contributed by atoms with Gasteiger partial charge < -0.3 is 14.4 Å². The molecule has 2 heterocycles. The van der Waals surface area contributed by atoms with Gasteiger partial charge in [-0.15, -0.1) is 0 Å². The van der Waals surface area contributed by atoms with Gasteiger partial charge in [-0.2, -0.15) is 0 Å². The topological polar surface area (TPSA) is 38.8 Å². The second-order valence-corrected chi connectivity index (χ2v) is 5.73. The largest absolute Gasteiger partial charge is 0.489 e. The van der Waals surface area contributed by atoms with Crippen LogP contribution in [0.4, 0.5) is 4.79 Å². The van der Waals surface area contributed by atoms with Crippen molar-refractivity contribution in [1.29, 1.82) is 0 Å². The van der Waals surface area contributed by atoms with Crippen LogP contribution in [0.1, 0.15) is 37.3 Å². The van der Waals surface area contributed by atoms with Crippen LogP contribution in [0.5, 0.6) is 5.75 Å². The predicted octanol–water partition coefficient (Wildman–Crippen LogP) is 3.43. The molecule has 0 aliphatic carbocycles. The third-order valence-corrected chi connectivity index (χ3v) is 4.53. The summed E-state index contributed by atoms with van der Waals surface area (Å²) in [6, 6.07) is 6.36. The molecule has 4 heteroatoms. The maximum absolute atomic E-state index is 11.5. The minimum atomic E-state index is -0.262. The van der Waals surface area contributed by atoms with E-state index in [0.29, 0.717) is 19.0 Å². The second kappa shape index (κ2) is 5.43. The highest BCUT2D eigenvalue weighted by molar-refractivity contribution is 5.76. The number of para-hydroxylation sites is 1. The van der Waals surface area contributed by atoms with Gasteiger partial charge in [0.05, 0.1) is 7.11 Å². The van der Waals surface area contributed by atoms with Crippen molar-refractivity contribution in [1.82, 2.24) is 4.90 Å². The number of nitrogens with zero attached hydrogens (tertiary/aromatic N) is 1. The molecule has 21 heavy (non-hydrogen) atoms. The average molecular weight is 287 g/mol. The van der Waals surface area contributed by atoms with Gasteiger partial charge in [-0.1, -0.05) is 31.2 Å². The van der Waals surface area contributed by atoms with Crippen LogP contribution in [0.25, 0.3) is 5.57 Å². The van der Waals surface area contributed by atoms with Crippen molar-refractivity contribution >= 4 is 11.7 Å². The van der Waals surface area contributed by atoms with Gasteiger partial charge in [0, 0.05) is 30.1 Å². The van der Waals surface area contributed by atoms with Crippen molar-refractivity contribution in [2.45, 2.75) is 32.3 Å². The van der Waals surface area contributed by atoms with Crippen LogP contribution >= 0.6 is 0 Å². The van der Waals surface area contributed by atoms with Crippen LogP contribution in [0, 0.1) is 0 Å². The molecule has 0 aromatic heterocycles. The summed E-state index contributed by atoms with van der Waals surface area (Å²) in [5.74, 6) is 1.45. The fraction of sp³-hybridized carbons (Fsp3) is 0.471. The van der Waals surface area contributed by atoms with Gasteiger partial charge in [-0.25, -0.2) is 4.79 Å². The number of carbonyl (C=O) groups is 1. The number of benzene rings is 1. The van der Waals surface area contributed by atoms with E-state index in [9.17, 15) is 4.79 Å². The molecule has 2 aliphatic rings. The Hall–Kier alpha value is -1.97. The Morgan fingerprint density at radius 1 is 1.38 bits per heavy atom. The van der Waals surface area contributed by atoms with Crippen molar-refractivity contribution in [2.75, 3.05) is 20.2 Å². The van der Waals surface area contributed by atoms with Crippen molar-refractivity contribution in [3.63, 3.8) is 0 Å². The maximum Gasteiger partial charge on any atom is 0.409 e. The Balaban J connectivity index is 1.87. The molecule has 112 valence electrons. The predicted molar refractivity (Wildman–Crippen MR) is 81.5 cm³/mol. The molecular weight excluding hydrogens is 266 g/mol. The van der Waals surface area contributed by atoms with Gasteiger partial charge in [-0.05, 0) is 18.9 Å². The normalized spacial score (nSPS) is 24.1.